The third kappa shape index (κ3) is 2.93. The van der Waals surface area contributed by atoms with Crippen LogP contribution >= 0.6 is 15.9 Å². The molecule has 1 atom stereocenters. The van der Waals surface area contributed by atoms with E-state index >= 15 is 0 Å². The predicted octanol–water partition coefficient (Wildman–Crippen LogP) is 2.76. The smallest absolute Gasteiger partial charge is 0.174 e. The average molecular weight is 300 g/mol. The number of benzene rings is 1. The lowest BCUT2D eigenvalue weighted by molar-refractivity contribution is 0.352. The third-order valence-corrected chi connectivity index (χ3v) is 3.73. The van der Waals surface area contributed by atoms with Crippen molar-refractivity contribution in [3.05, 3.63) is 22.2 Å². The van der Waals surface area contributed by atoms with Crippen LogP contribution in [0.2, 0.25) is 0 Å². The van der Waals surface area contributed by atoms with Gasteiger partial charge in [-0.25, -0.2) is 0 Å². The second-order valence-corrected chi connectivity index (χ2v) is 5.16. The van der Waals surface area contributed by atoms with E-state index in [1.54, 1.807) is 14.2 Å². The molecule has 0 radical (unpaired) electrons. The summed E-state index contributed by atoms with van der Waals surface area (Å²) in [4.78, 5) is 0. The van der Waals surface area contributed by atoms with Crippen molar-refractivity contribution in [2.45, 2.75) is 25.3 Å². The van der Waals surface area contributed by atoms with Crippen LogP contribution in [-0.4, -0.2) is 26.8 Å². The Morgan fingerprint density at radius 2 is 2.18 bits per heavy atom. The monoisotopic (exact) mass is 299 g/mol. The molecular weight excluding hydrogens is 282 g/mol. The fourth-order valence-electron chi connectivity index (χ4n) is 2.30. The Morgan fingerprint density at radius 3 is 2.76 bits per heavy atom. The molecule has 4 heteroatoms. The SMILES string of the molecule is COc1cc(CC2CCCN2)cc(Br)c1OC. The highest BCUT2D eigenvalue weighted by molar-refractivity contribution is 9.10. The first-order valence-electron chi connectivity index (χ1n) is 5.88. The topological polar surface area (TPSA) is 30.5 Å². The van der Waals surface area contributed by atoms with Crippen LogP contribution < -0.4 is 14.8 Å². The normalized spacial score (nSPS) is 19.4. The van der Waals surface area contributed by atoms with E-state index < -0.39 is 0 Å². The maximum absolute atomic E-state index is 5.35. The Kier molecular flexibility index (Phi) is 4.29. The Bertz CT molecular complexity index is 389. The highest BCUT2D eigenvalue weighted by Crippen LogP contribution is 2.36. The number of hydrogen-bond acceptors (Lipinski definition) is 3. The number of halogens is 1. The number of ether oxygens (including phenoxy) is 2. The molecule has 1 fully saturated rings. The zero-order valence-corrected chi connectivity index (χ0v) is 11.8. The number of methoxy groups -OCH3 is 2. The lowest BCUT2D eigenvalue weighted by atomic mass is 10.0. The van der Waals surface area contributed by atoms with Gasteiger partial charge in [-0.15, -0.1) is 0 Å². The second-order valence-electron chi connectivity index (χ2n) is 4.31. The minimum Gasteiger partial charge on any atom is -0.493 e. The molecule has 1 aromatic carbocycles. The van der Waals surface area contributed by atoms with Crippen LogP contribution in [0.15, 0.2) is 16.6 Å². The Balaban J connectivity index is 2.19. The van der Waals surface area contributed by atoms with Crippen molar-refractivity contribution in [2.24, 2.45) is 0 Å². The Hall–Kier alpha value is -0.740. The van der Waals surface area contributed by atoms with Crippen molar-refractivity contribution in [3.8, 4) is 11.5 Å². The van der Waals surface area contributed by atoms with E-state index in [1.165, 1.54) is 18.4 Å². The molecule has 0 aliphatic carbocycles. The minimum atomic E-state index is 0.597. The number of rotatable bonds is 4. The van der Waals surface area contributed by atoms with Gasteiger partial charge in [0, 0.05) is 6.04 Å². The van der Waals surface area contributed by atoms with Crippen LogP contribution in [0, 0.1) is 0 Å². The summed E-state index contributed by atoms with van der Waals surface area (Å²) in [6, 6.07) is 4.77. The molecular formula is C13H18BrNO2. The molecule has 0 amide bonds. The molecule has 0 spiro atoms. The fourth-order valence-corrected chi connectivity index (χ4v) is 2.96. The van der Waals surface area contributed by atoms with Crippen LogP contribution in [-0.2, 0) is 6.42 Å². The molecule has 1 heterocycles. The Morgan fingerprint density at radius 1 is 1.35 bits per heavy atom. The molecule has 17 heavy (non-hydrogen) atoms. The van der Waals surface area contributed by atoms with E-state index in [1.807, 2.05) is 0 Å². The van der Waals surface area contributed by atoms with Gasteiger partial charge in [0.2, 0.25) is 0 Å². The molecule has 1 aliphatic heterocycles. The molecule has 1 aliphatic rings. The van der Waals surface area contributed by atoms with E-state index in [4.69, 9.17) is 9.47 Å². The lowest BCUT2D eigenvalue weighted by Crippen LogP contribution is -2.23. The van der Waals surface area contributed by atoms with Gasteiger partial charge in [-0.1, -0.05) is 0 Å². The second kappa shape index (κ2) is 5.74. The van der Waals surface area contributed by atoms with Gasteiger partial charge in [-0.05, 0) is 59.4 Å². The fraction of sp³-hybridized carbons (Fsp3) is 0.538. The molecule has 1 aromatic rings. The average Bonchev–Trinajstić information content (AvgIpc) is 2.81. The summed E-state index contributed by atoms with van der Waals surface area (Å²) < 4.78 is 11.6. The molecule has 94 valence electrons. The zero-order valence-electron chi connectivity index (χ0n) is 10.3. The number of hydrogen-bond donors (Lipinski definition) is 1. The first-order chi connectivity index (χ1) is 8.24. The summed E-state index contributed by atoms with van der Waals surface area (Å²) in [5.41, 5.74) is 1.27. The summed E-state index contributed by atoms with van der Waals surface area (Å²) in [5, 5.41) is 3.50. The lowest BCUT2D eigenvalue weighted by Gasteiger charge is -2.14. The first kappa shape index (κ1) is 12.7. The summed E-state index contributed by atoms with van der Waals surface area (Å²) in [6.07, 6.45) is 3.57. The summed E-state index contributed by atoms with van der Waals surface area (Å²) in [5.74, 6) is 1.55. The van der Waals surface area contributed by atoms with Crippen molar-refractivity contribution in [1.82, 2.24) is 5.32 Å². The van der Waals surface area contributed by atoms with E-state index in [9.17, 15) is 0 Å². The highest BCUT2D eigenvalue weighted by Gasteiger charge is 2.17. The molecule has 0 bridgehead atoms. The standard InChI is InChI=1S/C13H18BrNO2/c1-16-12-8-9(6-10-4-3-5-15-10)7-11(14)13(12)17-2/h7-8,10,15H,3-6H2,1-2H3. The summed E-state index contributed by atoms with van der Waals surface area (Å²) >= 11 is 3.52. The highest BCUT2D eigenvalue weighted by atomic mass is 79.9. The molecule has 0 aromatic heterocycles. The van der Waals surface area contributed by atoms with Gasteiger partial charge in [0.25, 0.3) is 0 Å². The van der Waals surface area contributed by atoms with Gasteiger partial charge in [0.05, 0.1) is 18.7 Å². The zero-order chi connectivity index (χ0) is 12.3. The molecule has 1 saturated heterocycles. The Labute approximate surface area is 111 Å². The van der Waals surface area contributed by atoms with Crippen LogP contribution in [0.5, 0.6) is 11.5 Å². The van der Waals surface area contributed by atoms with Crippen molar-refractivity contribution in [2.75, 3.05) is 20.8 Å². The quantitative estimate of drug-likeness (QED) is 0.927. The third-order valence-electron chi connectivity index (χ3n) is 3.14. The molecule has 1 unspecified atom stereocenters. The van der Waals surface area contributed by atoms with Gasteiger partial charge in [-0.3, -0.25) is 0 Å². The number of nitrogens with one attached hydrogen (secondary N) is 1. The molecule has 2 rings (SSSR count). The van der Waals surface area contributed by atoms with E-state index in [0.29, 0.717) is 6.04 Å². The molecule has 3 nitrogen and oxygen atoms in total. The van der Waals surface area contributed by atoms with Crippen LogP contribution in [0.25, 0.3) is 0 Å². The van der Waals surface area contributed by atoms with Gasteiger partial charge in [-0.2, -0.15) is 0 Å². The first-order valence-corrected chi connectivity index (χ1v) is 6.67. The summed E-state index contributed by atoms with van der Waals surface area (Å²) in [6.45, 7) is 1.14. The van der Waals surface area contributed by atoms with Crippen LogP contribution in [0.3, 0.4) is 0 Å². The van der Waals surface area contributed by atoms with Crippen LogP contribution in [0.4, 0.5) is 0 Å². The maximum atomic E-state index is 5.35. The summed E-state index contributed by atoms with van der Waals surface area (Å²) in [7, 11) is 3.32. The predicted molar refractivity (Wildman–Crippen MR) is 72.0 cm³/mol. The maximum Gasteiger partial charge on any atom is 0.174 e. The van der Waals surface area contributed by atoms with Crippen molar-refractivity contribution < 1.29 is 9.47 Å². The van der Waals surface area contributed by atoms with Crippen molar-refractivity contribution in [1.29, 1.82) is 0 Å². The van der Waals surface area contributed by atoms with Gasteiger partial charge >= 0.3 is 0 Å². The van der Waals surface area contributed by atoms with Crippen molar-refractivity contribution >= 4 is 15.9 Å². The van der Waals surface area contributed by atoms with Crippen molar-refractivity contribution in [3.63, 3.8) is 0 Å². The minimum absolute atomic E-state index is 0.597. The van der Waals surface area contributed by atoms with E-state index in [0.717, 1.165) is 28.9 Å². The van der Waals surface area contributed by atoms with Gasteiger partial charge < -0.3 is 14.8 Å². The van der Waals surface area contributed by atoms with E-state index in [2.05, 4.69) is 33.4 Å². The largest absolute Gasteiger partial charge is 0.493 e. The van der Waals surface area contributed by atoms with Crippen LogP contribution in [0.1, 0.15) is 18.4 Å². The van der Waals surface area contributed by atoms with Gasteiger partial charge in [0.15, 0.2) is 11.5 Å². The van der Waals surface area contributed by atoms with E-state index in [-0.39, 0.29) is 0 Å². The molecule has 0 saturated carbocycles. The molecule has 1 N–H and O–H groups in total. The van der Waals surface area contributed by atoms with Gasteiger partial charge in [0.1, 0.15) is 0 Å².